The van der Waals surface area contributed by atoms with Gasteiger partial charge >= 0.3 is 0 Å². The Morgan fingerprint density at radius 1 is 0.307 bits per heavy atom. The molecule has 4 aromatic heterocycles. The number of nitrogens with zero attached hydrogens (tertiary/aromatic N) is 6. The molecule has 0 bridgehead atoms. The number of para-hydroxylation sites is 6. The highest BCUT2D eigenvalue weighted by molar-refractivity contribution is 6.28. The first-order valence-corrected chi connectivity index (χ1v) is 25.3. The summed E-state index contributed by atoms with van der Waals surface area (Å²) in [6.07, 6.45) is 0. The molecule has 4 heterocycles. The van der Waals surface area contributed by atoms with Gasteiger partial charge in [0, 0.05) is 65.6 Å². The lowest BCUT2D eigenvalue weighted by molar-refractivity contribution is 1.16. The van der Waals surface area contributed by atoms with Crippen molar-refractivity contribution in [2.24, 2.45) is 0 Å². The topological polar surface area (TPSA) is 67.3 Å². The highest BCUT2D eigenvalue weighted by Crippen LogP contribution is 2.47. The van der Waals surface area contributed by atoms with Gasteiger partial charge in [-0.25, -0.2) is 0 Å². The maximum absolute atomic E-state index is 10.8. The standard InChI is InChI=1S/C69H42N6/c1-43-38-44(41-70)28-31-49(43)46-30-35-63(75-61-27-15-11-23-55(61)67-65(75)37-33-53-51-21-9-13-25-59(51)73(69(53)67)48-18-6-3-7-19-48)57(40-46)56-39-45(42-71)29-34-62(56)74-60-26-14-10-22-54(60)66-64(74)36-32-52-50-20-8-12-24-58(50)72(68(52)66)47-16-4-2-5-17-47/h2-40H,1H3. The Hall–Kier alpha value is -10.4. The van der Waals surface area contributed by atoms with Gasteiger partial charge in [0.15, 0.2) is 0 Å². The molecule has 0 aliphatic heterocycles. The molecule has 6 nitrogen and oxygen atoms in total. The van der Waals surface area contributed by atoms with Crippen LogP contribution in [0.15, 0.2) is 237 Å². The molecular formula is C69H42N6. The molecule has 15 aromatic rings. The van der Waals surface area contributed by atoms with E-state index in [1.165, 1.54) is 21.5 Å². The maximum Gasteiger partial charge on any atom is 0.0991 e. The van der Waals surface area contributed by atoms with Crippen LogP contribution in [0.3, 0.4) is 0 Å². The summed E-state index contributed by atoms with van der Waals surface area (Å²) >= 11 is 0. The van der Waals surface area contributed by atoms with Crippen LogP contribution in [-0.4, -0.2) is 18.3 Å². The van der Waals surface area contributed by atoms with Gasteiger partial charge in [0.05, 0.1) is 78.8 Å². The van der Waals surface area contributed by atoms with Crippen LogP contribution >= 0.6 is 0 Å². The van der Waals surface area contributed by atoms with E-state index in [-0.39, 0.29) is 0 Å². The van der Waals surface area contributed by atoms with E-state index in [0.29, 0.717) is 11.1 Å². The molecule has 11 aromatic carbocycles. The number of nitriles is 2. The molecule has 0 spiro atoms. The van der Waals surface area contributed by atoms with Crippen molar-refractivity contribution in [2.75, 3.05) is 0 Å². The normalized spacial score (nSPS) is 11.8. The van der Waals surface area contributed by atoms with Gasteiger partial charge in [0.1, 0.15) is 0 Å². The van der Waals surface area contributed by atoms with Crippen molar-refractivity contribution in [3.63, 3.8) is 0 Å². The first-order valence-electron chi connectivity index (χ1n) is 25.3. The van der Waals surface area contributed by atoms with E-state index in [1.807, 2.05) is 18.2 Å². The lowest BCUT2D eigenvalue weighted by Crippen LogP contribution is -2.03. The number of rotatable bonds is 6. The van der Waals surface area contributed by atoms with Crippen LogP contribution < -0.4 is 0 Å². The average molecular weight is 955 g/mol. The van der Waals surface area contributed by atoms with E-state index in [9.17, 15) is 10.5 Å². The largest absolute Gasteiger partial charge is 0.309 e. The van der Waals surface area contributed by atoms with Crippen LogP contribution in [0.1, 0.15) is 16.7 Å². The fraction of sp³-hybridized carbons (Fsp3) is 0.0145. The van der Waals surface area contributed by atoms with Gasteiger partial charge in [-0.3, -0.25) is 0 Å². The minimum absolute atomic E-state index is 0.559. The third-order valence-corrected chi connectivity index (χ3v) is 15.5. The third-order valence-electron chi connectivity index (χ3n) is 15.5. The summed E-state index contributed by atoms with van der Waals surface area (Å²) in [4.78, 5) is 0. The van der Waals surface area contributed by atoms with Crippen molar-refractivity contribution in [2.45, 2.75) is 6.92 Å². The summed E-state index contributed by atoms with van der Waals surface area (Å²) < 4.78 is 9.68. The highest BCUT2D eigenvalue weighted by Gasteiger charge is 2.26. The Balaban J connectivity index is 1.08. The van der Waals surface area contributed by atoms with Crippen molar-refractivity contribution < 1.29 is 0 Å². The van der Waals surface area contributed by atoms with Crippen LogP contribution in [0.25, 0.3) is 132 Å². The minimum Gasteiger partial charge on any atom is -0.309 e. The molecule has 0 saturated carbocycles. The summed E-state index contributed by atoms with van der Waals surface area (Å²) in [5, 5.41) is 30.1. The maximum atomic E-state index is 10.8. The lowest BCUT2D eigenvalue weighted by Gasteiger charge is -2.20. The summed E-state index contributed by atoms with van der Waals surface area (Å²) in [5.74, 6) is 0. The Bertz CT molecular complexity index is 4970. The molecule has 0 radical (unpaired) electrons. The number of fused-ring (bicyclic) bond motifs is 14. The zero-order valence-electron chi connectivity index (χ0n) is 40.7. The Labute approximate surface area is 431 Å². The second-order valence-corrected chi connectivity index (χ2v) is 19.5. The minimum atomic E-state index is 0.559. The van der Waals surface area contributed by atoms with Gasteiger partial charge in [-0.2, -0.15) is 10.5 Å². The molecule has 6 heteroatoms. The molecule has 0 N–H and O–H groups in total. The van der Waals surface area contributed by atoms with Crippen LogP contribution in [0.2, 0.25) is 0 Å². The third kappa shape index (κ3) is 6.12. The monoisotopic (exact) mass is 954 g/mol. The first kappa shape index (κ1) is 42.3. The Morgan fingerprint density at radius 3 is 1.21 bits per heavy atom. The number of aromatic nitrogens is 4. The predicted molar refractivity (Wildman–Crippen MR) is 309 cm³/mol. The Morgan fingerprint density at radius 2 is 0.720 bits per heavy atom. The number of hydrogen-bond acceptors (Lipinski definition) is 2. The molecule has 0 amide bonds. The lowest BCUT2D eigenvalue weighted by atomic mass is 9.92. The van der Waals surface area contributed by atoms with E-state index < -0.39 is 0 Å². The second-order valence-electron chi connectivity index (χ2n) is 19.5. The van der Waals surface area contributed by atoms with Gasteiger partial charge in [-0.05, 0) is 127 Å². The number of hydrogen-bond donors (Lipinski definition) is 0. The predicted octanol–water partition coefficient (Wildman–Crippen LogP) is 17.5. The van der Waals surface area contributed by atoms with E-state index in [1.54, 1.807) is 0 Å². The molecule has 15 rings (SSSR count). The summed E-state index contributed by atoms with van der Waals surface area (Å²) in [6, 6.07) is 89.1. The van der Waals surface area contributed by atoms with Crippen LogP contribution in [0, 0.1) is 29.6 Å². The molecule has 0 unspecified atom stereocenters. The zero-order valence-corrected chi connectivity index (χ0v) is 40.7. The van der Waals surface area contributed by atoms with Crippen molar-refractivity contribution in [1.29, 1.82) is 10.5 Å². The van der Waals surface area contributed by atoms with E-state index in [2.05, 4.69) is 256 Å². The van der Waals surface area contributed by atoms with Gasteiger partial charge in [0.2, 0.25) is 0 Å². The van der Waals surface area contributed by atoms with Gasteiger partial charge in [-0.1, -0.05) is 133 Å². The van der Waals surface area contributed by atoms with Crippen molar-refractivity contribution >= 4 is 87.2 Å². The highest BCUT2D eigenvalue weighted by atomic mass is 15.0. The molecular weight excluding hydrogens is 913 g/mol. The van der Waals surface area contributed by atoms with Crippen LogP contribution in [0.5, 0.6) is 0 Å². The molecule has 75 heavy (non-hydrogen) atoms. The van der Waals surface area contributed by atoms with Crippen molar-refractivity contribution in [1.82, 2.24) is 18.3 Å². The van der Waals surface area contributed by atoms with E-state index in [4.69, 9.17) is 0 Å². The molecule has 0 saturated heterocycles. The fourth-order valence-corrected chi connectivity index (χ4v) is 12.4. The smallest absolute Gasteiger partial charge is 0.0991 e. The summed E-state index contributed by atoms with van der Waals surface area (Å²) in [5.41, 5.74) is 19.1. The van der Waals surface area contributed by atoms with Gasteiger partial charge in [0.25, 0.3) is 0 Å². The van der Waals surface area contributed by atoms with E-state index in [0.717, 1.165) is 116 Å². The van der Waals surface area contributed by atoms with Crippen LogP contribution in [0.4, 0.5) is 0 Å². The molecule has 0 fully saturated rings. The molecule has 348 valence electrons. The molecule has 0 aliphatic rings. The zero-order chi connectivity index (χ0) is 49.9. The molecule has 0 aliphatic carbocycles. The van der Waals surface area contributed by atoms with Crippen molar-refractivity contribution in [3.05, 3.63) is 253 Å². The van der Waals surface area contributed by atoms with Gasteiger partial charge < -0.3 is 18.3 Å². The fourth-order valence-electron chi connectivity index (χ4n) is 12.4. The number of benzene rings is 11. The number of aryl methyl sites for hydroxylation is 1. The first-order chi connectivity index (χ1) is 37.1. The van der Waals surface area contributed by atoms with Gasteiger partial charge in [-0.15, -0.1) is 0 Å². The van der Waals surface area contributed by atoms with Crippen molar-refractivity contribution in [3.8, 4) is 57.1 Å². The second kappa shape index (κ2) is 16.3. The SMILES string of the molecule is Cc1cc(C#N)ccc1-c1ccc(-n2c3ccccc3c3c2ccc2c4ccccc4n(-c4ccccc4)c23)c(-c2cc(C#N)ccc2-n2c3ccccc3c3c2ccc2c4ccccc4n(-c4ccccc4)c23)c1. The van der Waals surface area contributed by atoms with E-state index >= 15 is 0 Å². The Kier molecular flexibility index (Phi) is 9.20. The quantitative estimate of drug-likeness (QED) is 0.167. The molecule has 0 atom stereocenters. The summed E-state index contributed by atoms with van der Waals surface area (Å²) in [7, 11) is 0. The summed E-state index contributed by atoms with van der Waals surface area (Å²) in [6.45, 7) is 2.07. The average Bonchev–Trinajstić information content (AvgIpc) is 4.27. The van der Waals surface area contributed by atoms with Crippen LogP contribution in [-0.2, 0) is 0 Å².